The third-order valence-corrected chi connectivity index (χ3v) is 3.00. The molecule has 2 aromatic rings. The molecule has 3 heteroatoms. The Kier molecular flexibility index (Phi) is 3.29. The Balaban J connectivity index is 2.66. The van der Waals surface area contributed by atoms with E-state index in [-0.39, 0.29) is 6.04 Å². The van der Waals surface area contributed by atoms with Crippen molar-refractivity contribution < 1.29 is 0 Å². The number of para-hydroxylation sites is 1. The second-order valence-corrected chi connectivity index (χ2v) is 4.50. The third-order valence-electron chi connectivity index (χ3n) is 3.00. The van der Waals surface area contributed by atoms with Gasteiger partial charge in [0.15, 0.2) is 0 Å². The Morgan fingerprint density at radius 3 is 2.65 bits per heavy atom. The first-order chi connectivity index (χ1) is 8.13. The Hall–Kier alpha value is -1.61. The van der Waals surface area contributed by atoms with Gasteiger partial charge in [-0.15, -0.1) is 0 Å². The summed E-state index contributed by atoms with van der Waals surface area (Å²) in [5.41, 5.74) is 8.30. The molecule has 0 aliphatic carbocycles. The van der Waals surface area contributed by atoms with Crippen LogP contribution in [0.1, 0.15) is 24.9 Å². The van der Waals surface area contributed by atoms with Crippen molar-refractivity contribution in [3.8, 4) is 0 Å². The minimum atomic E-state index is 0.0458. The first-order valence-electron chi connectivity index (χ1n) is 5.96. The van der Waals surface area contributed by atoms with E-state index in [0.717, 1.165) is 28.7 Å². The lowest BCUT2D eigenvalue weighted by molar-refractivity contribution is 0.695. The molecule has 0 fully saturated rings. The number of anilines is 1. The number of nitrogens with two attached hydrogens (primary N) is 1. The van der Waals surface area contributed by atoms with Crippen molar-refractivity contribution in [3.05, 3.63) is 35.9 Å². The van der Waals surface area contributed by atoms with E-state index >= 15 is 0 Å². The summed E-state index contributed by atoms with van der Waals surface area (Å²) in [5, 5.41) is 1.15. The summed E-state index contributed by atoms with van der Waals surface area (Å²) in [6.07, 6.45) is 0.918. The van der Waals surface area contributed by atoms with Crippen LogP contribution < -0.4 is 10.6 Å². The van der Waals surface area contributed by atoms with Gasteiger partial charge in [-0.1, -0.05) is 25.1 Å². The monoisotopic (exact) mass is 229 g/mol. The molecule has 0 saturated heterocycles. The number of fused-ring (bicyclic) bond motifs is 1. The molecule has 0 spiro atoms. The zero-order valence-corrected chi connectivity index (χ0v) is 10.6. The SMILES string of the molecule is CC[C@@H](N)c1cc2ccccc2nc1N(C)C. The van der Waals surface area contributed by atoms with Gasteiger partial charge >= 0.3 is 0 Å². The summed E-state index contributed by atoms with van der Waals surface area (Å²) in [7, 11) is 4.01. The van der Waals surface area contributed by atoms with Gasteiger partial charge in [0.2, 0.25) is 0 Å². The van der Waals surface area contributed by atoms with Crippen LogP contribution in [-0.2, 0) is 0 Å². The van der Waals surface area contributed by atoms with Crippen molar-refractivity contribution in [2.45, 2.75) is 19.4 Å². The smallest absolute Gasteiger partial charge is 0.133 e. The zero-order chi connectivity index (χ0) is 12.4. The Morgan fingerprint density at radius 2 is 2.00 bits per heavy atom. The molecule has 1 aromatic carbocycles. The molecular formula is C14H19N3. The van der Waals surface area contributed by atoms with Crippen LogP contribution in [0.5, 0.6) is 0 Å². The van der Waals surface area contributed by atoms with Crippen LogP contribution in [0.2, 0.25) is 0 Å². The first kappa shape index (κ1) is 11.9. The fraction of sp³-hybridized carbons (Fsp3) is 0.357. The second-order valence-electron chi connectivity index (χ2n) is 4.50. The maximum absolute atomic E-state index is 6.16. The molecule has 0 aliphatic heterocycles. The van der Waals surface area contributed by atoms with Crippen molar-refractivity contribution in [3.63, 3.8) is 0 Å². The Labute approximate surface area is 102 Å². The average molecular weight is 229 g/mol. The molecule has 3 nitrogen and oxygen atoms in total. The van der Waals surface area contributed by atoms with Crippen molar-refractivity contribution in [1.82, 2.24) is 4.98 Å². The number of hydrogen-bond donors (Lipinski definition) is 1. The summed E-state index contributed by atoms with van der Waals surface area (Å²) >= 11 is 0. The molecule has 0 aliphatic rings. The van der Waals surface area contributed by atoms with Gasteiger partial charge in [0.1, 0.15) is 5.82 Å². The molecule has 2 rings (SSSR count). The highest BCUT2D eigenvalue weighted by Gasteiger charge is 2.13. The lowest BCUT2D eigenvalue weighted by Crippen LogP contribution is -2.18. The van der Waals surface area contributed by atoms with Gasteiger partial charge in [0.25, 0.3) is 0 Å². The number of pyridine rings is 1. The number of rotatable bonds is 3. The van der Waals surface area contributed by atoms with Crippen LogP contribution in [0.15, 0.2) is 30.3 Å². The van der Waals surface area contributed by atoms with E-state index in [4.69, 9.17) is 5.73 Å². The molecule has 1 heterocycles. The summed E-state index contributed by atoms with van der Waals surface area (Å²) < 4.78 is 0. The fourth-order valence-electron chi connectivity index (χ4n) is 1.97. The predicted octanol–water partition coefficient (Wildman–Crippen LogP) is 2.71. The van der Waals surface area contributed by atoms with Crippen molar-refractivity contribution >= 4 is 16.7 Å². The lowest BCUT2D eigenvalue weighted by Gasteiger charge is -2.20. The van der Waals surface area contributed by atoms with Gasteiger partial charge in [0, 0.05) is 31.1 Å². The lowest BCUT2D eigenvalue weighted by atomic mass is 10.0. The fourth-order valence-corrected chi connectivity index (χ4v) is 1.97. The van der Waals surface area contributed by atoms with Crippen LogP contribution in [0.3, 0.4) is 0 Å². The van der Waals surface area contributed by atoms with E-state index < -0.39 is 0 Å². The van der Waals surface area contributed by atoms with E-state index in [0.29, 0.717) is 0 Å². The molecule has 0 radical (unpaired) electrons. The number of aromatic nitrogens is 1. The van der Waals surface area contributed by atoms with Crippen LogP contribution in [0, 0.1) is 0 Å². The molecule has 0 saturated carbocycles. The summed E-state index contributed by atoms with van der Waals surface area (Å²) in [6, 6.07) is 10.3. The first-order valence-corrected chi connectivity index (χ1v) is 5.96. The van der Waals surface area contributed by atoms with E-state index in [2.05, 4.69) is 24.0 Å². The van der Waals surface area contributed by atoms with Crippen molar-refractivity contribution in [1.29, 1.82) is 0 Å². The van der Waals surface area contributed by atoms with E-state index in [1.54, 1.807) is 0 Å². The van der Waals surface area contributed by atoms with Gasteiger partial charge in [-0.05, 0) is 18.6 Å². The third kappa shape index (κ3) is 2.24. The highest BCUT2D eigenvalue weighted by atomic mass is 15.1. The van der Waals surface area contributed by atoms with Gasteiger partial charge in [-0.3, -0.25) is 0 Å². The molecule has 90 valence electrons. The molecule has 0 bridgehead atoms. The molecule has 0 unspecified atom stereocenters. The standard InChI is InChI=1S/C14H19N3/c1-4-12(15)11-9-10-7-5-6-8-13(10)16-14(11)17(2)3/h5-9,12H,4,15H2,1-3H3/t12-/m1/s1. The van der Waals surface area contributed by atoms with Gasteiger partial charge < -0.3 is 10.6 Å². The number of nitrogens with zero attached hydrogens (tertiary/aromatic N) is 2. The van der Waals surface area contributed by atoms with E-state index in [1.807, 2.05) is 37.2 Å². The van der Waals surface area contributed by atoms with Crippen LogP contribution in [0.25, 0.3) is 10.9 Å². The molecule has 2 N–H and O–H groups in total. The average Bonchev–Trinajstić information content (AvgIpc) is 2.36. The van der Waals surface area contributed by atoms with E-state index in [1.165, 1.54) is 0 Å². The van der Waals surface area contributed by atoms with Gasteiger partial charge in [-0.25, -0.2) is 4.98 Å². The van der Waals surface area contributed by atoms with Gasteiger partial charge in [0.05, 0.1) is 5.52 Å². The van der Waals surface area contributed by atoms with Crippen molar-refractivity contribution in [2.24, 2.45) is 5.73 Å². The van der Waals surface area contributed by atoms with Crippen LogP contribution in [0.4, 0.5) is 5.82 Å². The van der Waals surface area contributed by atoms with E-state index in [9.17, 15) is 0 Å². The van der Waals surface area contributed by atoms with Crippen LogP contribution >= 0.6 is 0 Å². The molecule has 0 amide bonds. The topological polar surface area (TPSA) is 42.1 Å². The molecular weight excluding hydrogens is 210 g/mol. The molecule has 1 atom stereocenters. The number of benzene rings is 1. The zero-order valence-electron chi connectivity index (χ0n) is 10.6. The second kappa shape index (κ2) is 4.72. The summed E-state index contributed by atoms with van der Waals surface area (Å²) in [5.74, 6) is 0.970. The predicted molar refractivity (Wildman–Crippen MR) is 73.3 cm³/mol. The molecule has 17 heavy (non-hydrogen) atoms. The summed E-state index contributed by atoms with van der Waals surface area (Å²) in [4.78, 5) is 6.71. The normalized spacial score (nSPS) is 12.7. The highest BCUT2D eigenvalue weighted by molar-refractivity contribution is 5.82. The molecule has 1 aromatic heterocycles. The minimum absolute atomic E-state index is 0.0458. The maximum Gasteiger partial charge on any atom is 0.133 e. The largest absolute Gasteiger partial charge is 0.362 e. The van der Waals surface area contributed by atoms with Crippen LogP contribution in [-0.4, -0.2) is 19.1 Å². The Morgan fingerprint density at radius 1 is 1.29 bits per heavy atom. The number of hydrogen-bond acceptors (Lipinski definition) is 3. The Bertz CT molecular complexity index is 520. The maximum atomic E-state index is 6.16. The van der Waals surface area contributed by atoms with Crippen molar-refractivity contribution in [2.75, 3.05) is 19.0 Å². The highest BCUT2D eigenvalue weighted by Crippen LogP contribution is 2.27. The van der Waals surface area contributed by atoms with Gasteiger partial charge in [-0.2, -0.15) is 0 Å². The summed E-state index contributed by atoms with van der Waals surface area (Å²) in [6.45, 7) is 2.10. The minimum Gasteiger partial charge on any atom is -0.362 e. The quantitative estimate of drug-likeness (QED) is 0.880.